The van der Waals surface area contributed by atoms with Crippen molar-refractivity contribution in [1.82, 2.24) is 15.5 Å². The van der Waals surface area contributed by atoms with Crippen molar-refractivity contribution in [3.8, 4) is 0 Å². The Labute approximate surface area is 155 Å². The largest absolute Gasteiger partial charge is 0.355 e. The minimum atomic E-state index is -0.315. The predicted molar refractivity (Wildman–Crippen MR) is 97.7 cm³/mol. The third-order valence-corrected chi connectivity index (χ3v) is 4.48. The van der Waals surface area contributed by atoms with Crippen LogP contribution < -0.4 is 10.6 Å². The number of nitrogens with one attached hydrogen (secondary N) is 2. The van der Waals surface area contributed by atoms with Crippen LogP contribution in [0, 0.1) is 11.6 Å². The zero-order chi connectivity index (χ0) is 18.8. The first-order valence-electron chi connectivity index (χ1n) is 8.54. The number of hydrogen-bond acceptors (Lipinski definition) is 3. The van der Waals surface area contributed by atoms with Gasteiger partial charge in [0.05, 0.1) is 5.70 Å². The average molecular weight is 365 g/mol. The van der Waals surface area contributed by atoms with E-state index in [-0.39, 0.29) is 23.7 Å². The fraction of sp³-hybridized carbons (Fsp3) is 0.0952. The van der Waals surface area contributed by atoms with E-state index in [4.69, 9.17) is 0 Å². The lowest BCUT2D eigenvalue weighted by Gasteiger charge is -2.26. The minimum Gasteiger partial charge on any atom is -0.355 e. The summed E-state index contributed by atoms with van der Waals surface area (Å²) in [7, 11) is 0. The molecule has 4 rings (SSSR count). The average Bonchev–Trinajstić information content (AvgIpc) is 3.08. The first-order valence-corrected chi connectivity index (χ1v) is 8.54. The molecule has 2 aliphatic heterocycles. The predicted octanol–water partition coefficient (Wildman–Crippen LogP) is 3.48. The summed E-state index contributed by atoms with van der Waals surface area (Å²) < 4.78 is 26.2. The number of fused-ring (bicyclic) bond motifs is 1. The number of rotatable bonds is 4. The monoisotopic (exact) mass is 365 g/mol. The second-order valence-corrected chi connectivity index (χ2v) is 6.28. The standard InChI is InChI=1S/C21H17F2N3O/c22-16-8-4-14(5-9-16)13-24-21(27)19-18-3-1-2-12-26(18)20(25-19)15-6-10-17(23)11-7-15/h1-12,20,25H,13H2,(H,24,27). The Hall–Kier alpha value is -3.41. The van der Waals surface area contributed by atoms with Crippen LogP contribution in [0.1, 0.15) is 17.3 Å². The van der Waals surface area contributed by atoms with E-state index in [9.17, 15) is 13.6 Å². The van der Waals surface area contributed by atoms with Crippen molar-refractivity contribution in [2.75, 3.05) is 0 Å². The Balaban J connectivity index is 1.53. The Morgan fingerprint density at radius 2 is 1.67 bits per heavy atom. The van der Waals surface area contributed by atoms with Gasteiger partial charge in [-0.2, -0.15) is 0 Å². The topological polar surface area (TPSA) is 44.4 Å². The molecule has 1 amide bonds. The van der Waals surface area contributed by atoms with E-state index in [0.717, 1.165) is 16.8 Å². The molecular formula is C21H17F2N3O. The fourth-order valence-corrected chi connectivity index (χ4v) is 3.12. The third-order valence-electron chi connectivity index (χ3n) is 4.48. The Morgan fingerprint density at radius 3 is 2.37 bits per heavy atom. The summed E-state index contributed by atoms with van der Waals surface area (Å²) >= 11 is 0. The first-order chi connectivity index (χ1) is 13.1. The van der Waals surface area contributed by atoms with Crippen LogP contribution in [0.5, 0.6) is 0 Å². The van der Waals surface area contributed by atoms with E-state index in [1.165, 1.54) is 24.3 Å². The molecule has 27 heavy (non-hydrogen) atoms. The summed E-state index contributed by atoms with van der Waals surface area (Å²) in [6.07, 6.45) is 7.16. The lowest BCUT2D eigenvalue weighted by Crippen LogP contribution is -2.31. The summed E-state index contributed by atoms with van der Waals surface area (Å²) in [5, 5.41) is 6.07. The molecule has 1 atom stereocenters. The van der Waals surface area contributed by atoms with E-state index in [2.05, 4.69) is 10.6 Å². The van der Waals surface area contributed by atoms with Crippen molar-refractivity contribution in [3.63, 3.8) is 0 Å². The van der Waals surface area contributed by atoms with Crippen LogP contribution in [0.4, 0.5) is 8.78 Å². The molecule has 4 nitrogen and oxygen atoms in total. The van der Waals surface area contributed by atoms with Gasteiger partial charge in [-0.05, 0) is 47.5 Å². The molecular weight excluding hydrogens is 348 g/mol. The van der Waals surface area contributed by atoms with Gasteiger partial charge in [0.1, 0.15) is 23.5 Å². The molecule has 1 unspecified atom stereocenters. The number of amides is 1. The highest BCUT2D eigenvalue weighted by Crippen LogP contribution is 2.33. The van der Waals surface area contributed by atoms with Crippen molar-refractivity contribution in [2.45, 2.75) is 12.7 Å². The maximum absolute atomic E-state index is 13.2. The van der Waals surface area contributed by atoms with Gasteiger partial charge in [0.2, 0.25) is 0 Å². The zero-order valence-electron chi connectivity index (χ0n) is 14.3. The van der Waals surface area contributed by atoms with Gasteiger partial charge >= 0.3 is 0 Å². The maximum Gasteiger partial charge on any atom is 0.269 e. The molecule has 0 radical (unpaired) electrons. The van der Waals surface area contributed by atoms with Crippen LogP contribution in [0.2, 0.25) is 0 Å². The van der Waals surface area contributed by atoms with Crippen molar-refractivity contribution < 1.29 is 13.6 Å². The van der Waals surface area contributed by atoms with Crippen molar-refractivity contribution in [2.24, 2.45) is 0 Å². The number of carbonyl (C=O) groups excluding carboxylic acids is 1. The summed E-state index contributed by atoms with van der Waals surface area (Å²) in [4.78, 5) is 14.7. The molecule has 2 heterocycles. The van der Waals surface area contributed by atoms with Crippen LogP contribution in [0.15, 0.2) is 84.4 Å². The van der Waals surface area contributed by atoms with Gasteiger partial charge in [0, 0.05) is 12.7 Å². The molecule has 2 aromatic carbocycles. The van der Waals surface area contributed by atoms with Crippen LogP contribution >= 0.6 is 0 Å². The molecule has 2 aromatic rings. The van der Waals surface area contributed by atoms with Gasteiger partial charge in [-0.25, -0.2) is 8.78 Å². The number of nitrogens with zero attached hydrogens (tertiary/aromatic N) is 1. The number of hydrogen-bond donors (Lipinski definition) is 2. The second-order valence-electron chi connectivity index (χ2n) is 6.28. The van der Waals surface area contributed by atoms with Gasteiger partial charge in [0.25, 0.3) is 5.91 Å². The summed E-state index contributed by atoms with van der Waals surface area (Å²) in [6.45, 7) is 0.290. The number of allylic oxidation sites excluding steroid dienone is 3. The lowest BCUT2D eigenvalue weighted by molar-refractivity contribution is -0.118. The number of benzene rings is 2. The van der Waals surface area contributed by atoms with Crippen LogP contribution in [-0.4, -0.2) is 10.8 Å². The summed E-state index contributed by atoms with van der Waals surface area (Å²) in [5.41, 5.74) is 2.82. The van der Waals surface area contributed by atoms with Crippen LogP contribution in [-0.2, 0) is 11.3 Å². The van der Waals surface area contributed by atoms with Crippen molar-refractivity contribution in [3.05, 3.63) is 107 Å². The van der Waals surface area contributed by atoms with Crippen molar-refractivity contribution in [1.29, 1.82) is 0 Å². The highest BCUT2D eigenvalue weighted by molar-refractivity contribution is 5.94. The molecule has 0 aliphatic carbocycles. The quantitative estimate of drug-likeness (QED) is 0.872. The molecule has 136 valence electrons. The minimum absolute atomic E-state index is 0.260. The molecule has 0 saturated heterocycles. The molecule has 0 spiro atoms. The molecule has 0 bridgehead atoms. The highest BCUT2D eigenvalue weighted by atomic mass is 19.1. The van der Waals surface area contributed by atoms with Crippen LogP contribution in [0.3, 0.4) is 0 Å². The molecule has 0 fully saturated rings. The van der Waals surface area contributed by atoms with Gasteiger partial charge < -0.3 is 15.5 Å². The lowest BCUT2D eigenvalue weighted by atomic mass is 10.1. The van der Waals surface area contributed by atoms with Gasteiger partial charge in [-0.3, -0.25) is 4.79 Å². The molecule has 0 aromatic heterocycles. The normalized spacial score (nSPS) is 17.7. The Kier molecular flexibility index (Phi) is 4.46. The van der Waals surface area contributed by atoms with E-state index < -0.39 is 0 Å². The highest BCUT2D eigenvalue weighted by Gasteiger charge is 2.33. The molecule has 0 saturated carbocycles. The molecule has 6 heteroatoms. The Morgan fingerprint density at radius 1 is 1.00 bits per heavy atom. The summed E-state index contributed by atoms with van der Waals surface area (Å²) in [5.74, 6) is -0.885. The van der Waals surface area contributed by atoms with E-state index in [1.54, 1.807) is 24.3 Å². The van der Waals surface area contributed by atoms with E-state index >= 15 is 0 Å². The SMILES string of the molecule is O=C(NCc1ccc(F)cc1)C1=C2C=CC=CN2C(c2ccc(F)cc2)N1. The maximum atomic E-state index is 13.2. The summed E-state index contributed by atoms with van der Waals surface area (Å²) in [6, 6.07) is 12.2. The van der Waals surface area contributed by atoms with Gasteiger partial charge in [-0.15, -0.1) is 0 Å². The van der Waals surface area contributed by atoms with E-state index in [1.807, 2.05) is 29.3 Å². The van der Waals surface area contributed by atoms with Gasteiger partial charge in [0.15, 0.2) is 0 Å². The Bertz CT molecular complexity index is 946. The fourth-order valence-electron chi connectivity index (χ4n) is 3.12. The third kappa shape index (κ3) is 3.46. The van der Waals surface area contributed by atoms with Gasteiger partial charge in [-0.1, -0.05) is 30.3 Å². The first kappa shape index (κ1) is 17.0. The molecule has 2 N–H and O–H groups in total. The smallest absolute Gasteiger partial charge is 0.269 e. The zero-order valence-corrected chi connectivity index (χ0v) is 14.3. The number of halogens is 2. The van der Waals surface area contributed by atoms with E-state index in [0.29, 0.717) is 12.2 Å². The van der Waals surface area contributed by atoms with Crippen molar-refractivity contribution >= 4 is 5.91 Å². The van der Waals surface area contributed by atoms with Crippen LogP contribution in [0.25, 0.3) is 0 Å². The second kappa shape index (κ2) is 7.07. The number of carbonyl (C=O) groups is 1. The molecule has 2 aliphatic rings.